The van der Waals surface area contributed by atoms with E-state index in [1.54, 1.807) is 0 Å². The second-order valence-electron chi connectivity index (χ2n) is 12.6. The number of allylic oxidation sites excluding steroid dienone is 4. The molecular formula is C35H46O4. The van der Waals surface area contributed by atoms with Crippen molar-refractivity contribution in [2.24, 2.45) is 23.7 Å². The van der Waals surface area contributed by atoms with E-state index in [0.717, 1.165) is 31.2 Å². The summed E-state index contributed by atoms with van der Waals surface area (Å²) in [6.07, 6.45) is 8.85. The molecule has 0 spiro atoms. The highest BCUT2D eigenvalue weighted by Gasteiger charge is 2.40. The monoisotopic (exact) mass is 530 g/mol. The van der Waals surface area contributed by atoms with Crippen LogP contribution in [0.5, 0.6) is 17.2 Å². The van der Waals surface area contributed by atoms with Gasteiger partial charge in [-0.1, -0.05) is 81.3 Å². The second-order valence-corrected chi connectivity index (χ2v) is 12.6. The van der Waals surface area contributed by atoms with Gasteiger partial charge in [-0.15, -0.1) is 0 Å². The Hall–Kier alpha value is -3.01. The zero-order chi connectivity index (χ0) is 28.4. The normalized spacial score (nSPS) is 23.6. The third kappa shape index (κ3) is 5.95. The number of hydrogen-bond acceptors (Lipinski definition) is 4. The molecule has 0 amide bonds. The predicted molar refractivity (Wildman–Crippen MR) is 159 cm³/mol. The van der Waals surface area contributed by atoms with Gasteiger partial charge in [0.25, 0.3) is 0 Å². The minimum absolute atomic E-state index is 0.0352. The highest BCUT2D eigenvalue weighted by molar-refractivity contribution is 6.03. The number of Topliss-reactive ketones (excluding diaryl/α,β-unsaturated/α-hetero) is 1. The summed E-state index contributed by atoms with van der Waals surface area (Å²) in [5, 5.41) is 35.4. The van der Waals surface area contributed by atoms with E-state index in [0.29, 0.717) is 29.4 Å². The van der Waals surface area contributed by atoms with Crippen molar-refractivity contribution in [2.45, 2.75) is 91.9 Å². The number of phenols is 3. The highest BCUT2D eigenvalue weighted by atomic mass is 16.3. The second kappa shape index (κ2) is 12.0. The van der Waals surface area contributed by atoms with Crippen molar-refractivity contribution < 1.29 is 20.1 Å². The van der Waals surface area contributed by atoms with Crippen molar-refractivity contribution in [1.82, 2.24) is 0 Å². The lowest BCUT2D eigenvalue weighted by Gasteiger charge is -2.37. The molecule has 2 aliphatic rings. The van der Waals surface area contributed by atoms with E-state index in [9.17, 15) is 20.1 Å². The van der Waals surface area contributed by atoms with Gasteiger partial charge in [-0.2, -0.15) is 0 Å². The molecule has 4 heteroatoms. The Labute approximate surface area is 234 Å². The molecule has 0 saturated heterocycles. The molecule has 0 bridgehead atoms. The molecular weight excluding hydrogens is 484 g/mol. The van der Waals surface area contributed by atoms with Crippen molar-refractivity contribution in [3.05, 3.63) is 75.9 Å². The van der Waals surface area contributed by atoms with E-state index in [-0.39, 0.29) is 58.7 Å². The number of hydrogen-bond donors (Lipinski definition) is 3. The first-order valence-corrected chi connectivity index (χ1v) is 14.7. The van der Waals surface area contributed by atoms with Crippen molar-refractivity contribution in [1.29, 1.82) is 0 Å². The molecule has 0 heterocycles. The molecule has 4 rings (SSSR count). The Morgan fingerprint density at radius 3 is 1.67 bits per heavy atom. The summed E-state index contributed by atoms with van der Waals surface area (Å²) in [6.45, 7) is 12.9. The minimum Gasteiger partial charge on any atom is -0.507 e. The summed E-state index contributed by atoms with van der Waals surface area (Å²) in [7, 11) is 0. The van der Waals surface area contributed by atoms with Crippen molar-refractivity contribution in [3.63, 3.8) is 0 Å². The Morgan fingerprint density at radius 1 is 0.769 bits per heavy atom. The average Bonchev–Trinajstić information content (AvgIpc) is 2.88. The van der Waals surface area contributed by atoms with Crippen LogP contribution in [0.2, 0.25) is 0 Å². The number of phenolic OH excluding ortho intramolecular Hbond substituents is 3. The third-order valence-electron chi connectivity index (χ3n) is 9.23. The Balaban J connectivity index is 1.93. The van der Waals surface area contributed by atoms with Crippen LogP contribution in [0.25, 0.3) is 0 Å². The molecule has 2 aromatic rings. The smallest absolute Gasteiger partial charge is 0.170 e. The van der Waals surface area contributed by atoms with Gasteiger partial charge in [0.15, 0.2) is 5.78 Å². The zero-order valence-corrected chi connectivity index (χ0v) is 24.5. The lowest BCUT2D eigenvalue weighted by atomic mass is 9.68. The van der Waals surface area contributed by atoms with Gasteiger partial charge in [0.05, 0.1) is 0 Å². The van der Waals surface area contributed by atoms with Crippen molar-refractivity contribution >= 4 is 5.78 Å². The standard InChI is InChI=1S/C35H46O4/c1-20(2)25-15-12-22(5)18-27(25)30-33(37)31(28-19-23(6)13-16-26(28)21(3)4)35(39)32(34(30)38)29(36)17-14-24-10-8-7-9-11-24/h7-11,18-21,25-28,37-39H,12-17H2,1-6H3/t25-,26-,27?,28?/m0/s1. The molecule has 2 aliphatic carbocycles. The lowest BCUT2D eigenvalue weighted by molar-refractivity contribution is 0.0976. The first-order valence-electron chi connectivity index (χ1n) is 14.7. The number of ketones is 1. The summed E-state index contributed by atoms with van der Waals surface area (Å²) in [5.74, 6) is -0.258. The number of benzene rings is 2. The van der Waals surface area contributed by atoms with E-state index in [4.69, 9.17) is 0 Å². The maximum atomic E-state index is 13.8. The molecule has 3 N–H and O–H groups in total. The third-order valence-corrected chi connectivity index (χ3v) is 9.23. The number of aromatic hydroxyl groups is 3. The Kier molecular flexibility index (Phi) is 8.93. The van der Waals surface area contributed by atoms with Crippen LogP contribution in [0.3, 0.4) is 0 Å². The van der Waals surface area contributed by atoms with Gasteiger partial charge in [0.2, 0.25) is 0 Å². The maximum Gasteiger partial charge on any atom is 0.170 e. The van der Waals surface area contributed by atoms with Gasteiger partial charge in [0.1, 0.15) is 22.8 Å². The van der Waals surface area contributed by atoms with Crippen LogP contribution in [0.4, 0.5) is 0 Å². The van der Waals surface area contributed by atoms with Gasteiger partial charge < -0.3 is 15.3 Å². The molecule has 0 aromatic heterocycles. The molecule has 4 atom stereocenters. The predicted octanol–water partition coefficient (Wildman–Crippen LogP) is 8.81. The fourth-order valence-corrected chi connectivity index (χ4v) is 6.94. The summed E-state index contributed by atoms with van der Waals surface area (Å²) < 4.78 is 0. The number of rotatable bonds is 8. The van der Waals surface area contributed by atoms with Gasteiger partial charge in [-0.25, -0.2) is 0 Å². The molecule has 4 nitrogen and oxygen atoms in total. The van der Waals surface area contributed by atoms with Gasteiger partial charge in [-0.05, 0) is 75.2 Å². The van der Waals surface area contributed by atoms with Crippen LogP contribution in [0.1, 0.15) is 113 Å². The van der Waals surface area contributed by atoms with E-state index in [1.165, 1.54) is 11.1 Å². The van der Waals surface area contributed by atoms with Crippen LogP contribution in [0.15, 0.2) is 53.6 Å². The highest BCUT2D eigenvalue weighted by Crippen LogP contribution is 2.56. The maximum absolute atomic E-state index is 13.8. The molecule has 0 fully saturated rings. The SMILES string of the molecule is CC1=CC(c2c(O)c(C(=O)CCc3ccccc3)c(O)c(C3C=C(C)CC[C@H]3C(C)C)c2O)[C@H](C(C)C)CC1. The lowest BCUT2D eigenvalue weighted by Crippen LogP contribution is -2.24. The number of carbonyl (C=O) groups is 1. The molecule has 2 aromatic carbocycles. The molecule has 0 aliphatic heterocycles. The van der Waals surface area contributed by atoms with Gasteiger partial charge >= 0.3 is 0 Å². The number of carbonyl (C=O) groups excluding carboxylic acids is 1. The van der Waals surface area contributed by atoms with E-state index in [1.807, 2.05) is 30.3 Å². The minimum atomic E-state index is -0.299. The summed E-state index contributed by atoms with van der Waals surface area (Å²) in [5.41, 5.74) is 4.24. The molecule has 0 saturated carbocycles. The first kappa shape index (κ1) is 29.0. The van der Waals surface area contributed by atoms with Crippen molar-refractivity contribution in [2.75, 3.05) is 0 Å². The first-order chi connectivity index (χ1) is 18.5. The topological polar surface area (TPSA) is 77.8 Å². The Morgan fingerprint density at radius 2 is 1.23 bits per heavy atom. The van der Waals surface area contributed by atoms with Crippen LogP contribution >= 0.6 is 0 Å². The summed E-state index contributed by atoms with van der Waals surface area (Å²) >= 11 is 0. The van der Waals surface area contributed by atoms with Crippen LogP contribution in [-0.2, 0) is 6.42 Å². The van der Waals surface area contributed by atoms with Crippen LogP contribution in [-0.4, -0.2) is 21.1 Å². The van der Waals surface area contributed by atoms with Crippen LogP contribution < -0.4 is 0 Å². The largest absolute Gasteiger partial charge is 0.507 e. The zero-order valence-electron chi connectivity index (χ0n) is 24.5. The quantitative estimate of drug-likeness (QED) is 0.235. The number of aryl methyl sites for hydroxylation is 1. The fraction of sp³-hybridized carbons (Fsp3) is 0.514. The van der Waals surface area contributed by atoms with E-state index >= 15 is 0 Å². The average molecular weight is 531 g/mol. The molecule has 210 valence electrons. The Bertz CT molecular complexity index is 1180. The summed E-state index contributed by atoms with van der Waals surface area (Å²) in [4.78, 5) is 13.8. The van der Waals surface area contributed by atoms with Crippen LogP contribution in [0, 0.1) is 23.7 Å². The van der Waals surface area contributed by atoms with E-state index in [2.05, 4.69) is 53.7 Å². The molecule has 39 heavy (non-hydrogen) atoms. The van der Waals surface area contributed by atoms with Gasteiger partial charge in [-0.3, -0.25) is 4.79 Å². The summed E-state index contributed by atoms with van der Waals surface area (Å²) in [6, 6.07) is 9.79. The fourth-order valence-electron chi connectivity index (χ4n) is 6.94. The molecule has 2 unspecified atom stereocenters. The van der Waals surface area contributed by atoms with Gasteiger partial charge in [0, 0.05) is 29.4 Å². The van der Waals surface area contributed by atoms with Crippen molar-refractivity contribution in [3.8, 4) is 17.2 Å². The molecule has 0 radical (unpaired) electrons. The van der Waals surface area contributed by atoms with E-state index < -0.39 is 0 Å².